The van der Waals surface area contributed by atoms with Gasteiger partial charge in [-0.15, -0.1) is 0 Å². The number of aliphatic carboxylic acids is 1. The van der Waals surface area contributed by atoms with Gasteiger partial charge in [0.25, 0.3) is 0 Å². The minimum atomic E-state index is -0.971. The maximum absolute atomic E-state index is 12.1. The van der Waals surface area contributed by atoms with Crippen molar-refractivity contribution in [3.05, 3.63) is 35.9 Å². The minimum Gasteiger partial charge on any atom is -0.480 e. The average molecular weight is 291 g/mol. The lowest BCUT2D eigenvalue weighted by Gasteiger charge is -2.20. The summed E-state index contributed by atoms with van der Waals surface area (Å²) in [5.41, 5.74) is 1.19. The molecule has 2 rings (SSSR count). The molecule has 0 aliphatic carbocycles. The van der Waals surface area contributed by atoms with Crippen molar-refractivity contribution in [2.75, 3.05) is 6.54 Å². The molecule has 0 aromatic heterocycles. The second-order valence-electron chi connectivity index (χ2n) is 4.96. The van der Waals surface area contributed by atoms with Crippen LogP contribution in [-0.4, -0.2) is 39.3 Å². The van der Waals surface area contributed by atoms with E-state index in [2.05, 4.69) is 0 Å². The Morgan fingerprint density at radius 3 is 2.65 bits per heavy atom. The molecule has 1 aromatic rings. The Hall–Kier alpha value is -1.75. The maximum atomic E-state index is 12.1. The summed E-state index contributed by atoms with van der Waals surface area (Å²) in [6.07, 6.45) is 2.21. The van der Waals surface area contributed by atoms with Crippen LogP contribution in [0.5, 0.6) is 0 Å². The quantitative estimate of drug-likeness (QED) is 0.844. The number of nitrogens with zero attached hydrogens (tertiary/aromatic N) is 1. The molecule has 1 N–H and O–H groups in total. The van der Waals surface area contributed by atoms with Crippen molar-refractivity contribution < 1.29 is 14.7 Å². The van der Waals surface area contributed by atoms with Gasteiger partial charge in [-0.25, -0.2) is 4.79 Å². The number of carboxylic acid groups (broad SMARTS) is 1. The SMILES string of the molecule is O=C(O)[C@@H]1CC(=S)CN1C(=O)CCCc1ccccc1. The number of benzene rings is 1. The van der Waals surface area contributed by atoms with Crippen molar-refractivity contribution in [2.45, 2.75) is 31.7 Å². The van der Waals surface area contributed by atoms with Crippen molar-refractivity contribution in [3.8, 4) is 0 Å². The molecule has 1 aliphatic rings. The van der Waals surface area contributed by atoms with Gasteiger partial charge in [0.2, 0.25) is 5.91 Å². The van der Waals surface area contributed by atoms with Crippen molar-refractivity contribution in [3.63, 3.8) is 0 Å². The standard InChI is InChI=1S/C15H17NO3S/c17-14(8-4-7-11-5-2-1-3-6-11)16-10-12(20)9-13(16)15(18)19/h1-3,5-6,13H,4,7-10H2,(H,18,19)/t13-/m0/s1. The Labute approximate surface area is 123 Å². The summed E-state index contributed by atoms with van der Waals surface area (Å²) in [4.78, 5) is 25.2. The Morgan fingerprint density at radius 1 is 1.30 bits per heavy atom. The second kappa shape index (κ2) is 6.61. The van der Waals surface area contributed by atoms with E-state index < -0.39 is 12.0 Å². The van der Waals surface area contributed by atoms with Gasteiger partial charge in [-0.3, -0.25) is 4.79 Å². The molecule has 1 atom stereocenters. The van der Waals surface area contributed by atoms with Gasteiger partial charge < -0.3 is 10.0 Å². The van der Waals surface area contributed by atoms with Gasteiger partial charge in [-0.05, 0) is 18.4 Å². The third-order valence-electron chi connectivity index (χ3n) is 3.45. The number of thiocarbonyl (C=S) groups is 1. The van der Waals surface area contributed by atoms with Crippen LogP contribution in [0.25, 0.3) is 0 Å². The molecule has 1 saturated heterocycles. The van der Waals surface area contributed by atoms with E-state index >= 15 is 0 Å². The van der Waals surface area contributed by atoms with Crippen LogP contribution in [0.2, 0.25) is 0 Å². The van der Waals surface area contributed by atoms with Crippen LogP contribution in [0.4, 0.5) is 0 Å². The Balaban J connectivity index is 1.85. The molecule has 0 radical (unpaired) electrons. The fraction of sp³-hybridized carbons (Fsp3) is 0.400. The fourth-order valence-corrected chi connectivity index (χ4v) is 2.70. The summed E-state index contributed by atoms with van der Waals surface area (Å²) in [6, 6.07) is 9.17. The Morgan fingerprint density at radius 2 is 2.00 bits per heavy atom. The first-order chi connectivity index (χ1) is 9.58. The number of carbonyl (C=O) groups is 2. The molecule has 1 aliphatic heterocycles. The average Bonchev–Trinajstić information content (AvgIpc) is 2.82. The van der Waals surface area contributed by atoms with E-state index in [1.54, 1.807) is 0 Å². The van der Waals surface area contributed by atoms with E-state index in [0.717, 1.165) is 12.8 Å². The molecule has 1 fully saturated rings. The fourth-order valence-electron chi connectivity index (χ4n) is 2.41. The molecule has 1 aromatic carbocycles. The number of amides is 1. The highest BCUT2D eigenvalue weighted by Crippen LogP contribution is 2.18. The zero-order chi connectivity index (χ0) is 14.5. The third kappa shape index (κ3) is 3.63. The number of hydrogen-bond donors (Lipinski definition) is 1. The van der Waals surface area contributed by atoms with Gasteiger partial charge in [0.15, 0.2) is 0 Å². The van der Waals surface area contributed by atoms with Gasteiger partial charge in [0, 0.05) is 17.7 Å². The molecule has 20 heavy (non-hydrogen) atoms. The van der Waals surface area contributed by atoms with Crippen molar-refractivity contribution in [1.29, 1.82) is 0 Å². The van der Waals surface area contributed by atoms with E-state index in [-0.39, 0.29) is 5.91 Å². The van der Waals surface area contributed by atoms with Crippen LogP contribution in [-0.2, 0) is 16.0 Å². The first kappa shape index (κ1) is 14.7. The number of carboxylic acids is 1. The molecular weight excluding hydrogens is 274 g/mol. The smallest absolute Gasteiger partial charge is 0.326 e. The van der Waals surface area contributed by atoms with Gasteiger partial charge in [0.1, 0.15) is 6.04 Å². The van der Waals surface area contributed by atoms with Gasteiger partial charge >= 0.3 is 5.97 Å². The highest BCUT2D eigenvalue weighted by atomic mass is 32.1. The molecule has 5 heteroatoms. The molecule has 0 saturated carbocycles. The lowest BCUT2D eigenvalue weighted by Crippen LogP contribution is -2.40. The molecular formula is C15H17NO3S. The molecule has 0 bridgehead atoms. The second-order valence-corrected chi connectivity index (χ2v) is 5.53. The first-order valence-corrected chi connectivity index (χ1v) is 7.06. The highest BCUT2D eigenvalue weighted by molar-refractivity contribution is 7.80. The lowest BCUT2D eigenvalue weighted by atomic mass is 10.1. The number of carbonyl (C=O) groups excluding carboxylic acids is 1. The Kier molecular flexibility index (Phi) is 4.84. The predicted molar refractivity (Wildman–Crippen MR) is 79.7 cm³/mol. The third-order valence-corrected chi connectivity index (χ3v) is 3.74. The molecule has 0 spiro atoms. The summed E-state index contributed by atoms with van der Waals surface area (Å²) in [5.74, 6) is -1.09. The number of hydrogen-bond acceptors (Lipinski definition) is 3. The van der Waals surface area contributed by atoms with E-state index in [9.17, 15) is 9.59 Å². The van der Waals surface area contributed by atoms with Crippen molar-refractivity contribution in [1.82, 2.24) is 4.90 Å². The van der Waals surface area contributed by atoms with E-state index in [1.807, 2.05) is 30.3 Å². The monoisotopic (exact) mass is 291 g/mol. The highest BCUT2D eigenvalue weighted by Gasteiger charge is 2.36. The first-order valence-electron chi connectivity index (χ1n) is 6.66. The number of rotatable bonds is 5. The maximum Gasteiger partial charge on any atom is 0.326 e. The van der Waals surface area contributed by atoms with Crippen LogP contribution >= 0.6 is 12.2 Å². The predicted octanol–water partition coefficient (Wildman–Crippen LogP) is 2.06. The zero-order valence-corrected chi connectivity index (χ0v) is 11.9. The summed E-state index contributed by atoms with van der Waals surface area (Å²) in [7, 11) is 0. The van der Waals surface area contributed by atoms with Crippen LogP contribution in [0.1, 0.15) is 24.8 Å². The van der Waals surface area contributed by atoms with Crippen LogP contribution in [0, 0.1) is 0 Å². The molecule has 1 amide bonds. The molecule has 4 nitrogen and oxygen atoms in total. The van der Waals surface area contributed by atoms with Crippen LogP contribution < -0.4 is 0 Å². The molecule has 106 valence electrons. The molecule has 0 unspecified atom stereocenters. The van der Waals surface area contributed by atoms with Gasteiger partial charge in [-0.2, -0.15) is 0 Å². The van der Waals surface area contributed by atoms with E-state index in [4.69, 9.17) is 17.3 Å². The molecule has 1 heterocycles. The van der Waals surface area contributed by atoms with Crippen molar-refractivity contribution >= 4 is 29.0 Å². The largest absolute Gasteiger partial charge is 0.480 e. The van der Waals surface area contributed by atoms with Gasteiger partial charge in [-0.1, -0.05) is 42.5 Å². The Bertz CT molecular complexity index is 515. The van der Waals surface area contributed by atoms with Crippen LogP contribution in [0.3, 0.4) is 0 Å². The van der Waals surface area contributed by atoms with E-state index in [1.165, 1.54) is 10.5 Å². The normalized spacial score (nSPS) is 18.3. The summed E-state index contributed by atoms with van der Waals surface area (Å²) < 4.78 is 0. The topological polar surface area (TPSA) is 57.6 Å². The van der Waals surface area contributed by atoms with Crippen LogP contribution in [0.15, 0.2) is 30.3 Å². The van der Waals surface area contributed by atoms with Gasteiger partial charge in [0.05, 0.1) is 6.54 Å². The van der Waals surface area contributed by atoms with Crippen molar-refractivity contribution in [2.24, 2.45) is 0 Å². The summed E-state index contributed by atoms with van der Waals surface area (Å²) in [6.45, 7) is 0.302. The summed E-state index contributed by atoms with van der Waals surface area (Å²) >= 11 is 5.04. The number of aryl methyl sites for hydroxylation is 1. The minimum absolute atomic E-state index is 0.117. The lowest BCUT2D eigenvalue weighted by molar-refractivity contribution is -0.148. The number of likely N-dealkylation sites (tertiary alicyclic amines) is 1. The summed E-state index contributed by atoms with van der Waals surface area (Å²) in [5, 5.41) is 9.10. The zero-order valence-electron chi connectivity index (χ0n) is 11.1. The van der Waals surface area contributed by atoms with E-state index in [0.29, 0.717) is 24.3 Å².